The van der Waals surface area contributed by atoms with Crippen LogP contribution in [-0.4, -0.2) is 40.2 Å². The van der Waals surface area contributed by atoms with E-state index in [1.807, 2.05) is 36.4 Å². The van der Waals surface area contributed by atoms with Gasteiger partial charge in [-0.2, -0.15) is 0 Å². The molecule has 0 saturated heterocycles. The normalized spacial score (nSPS) is 13.2. The van der Waals surface area contributed by atoms with Gasteiger partial charge in [-0.15, -0.1) is 0 Å². The Balaban J connectivity index is 1.56. The summed E-state index contributed by atoms with van der Waals surface area (Å²) in [7, 11) is 0. The van der Waals surface area contributed by atoms with Gasteiger partial charge in [-0.1, -0.05) is 48.5 Å². The number of aromatic nitrogens is 1. The van der Waals surface area contributed by atoms with Crippen LogP contribution in [-0.2, 0) is 9.53 Å². The summed E-state index contributed by atoms with van der Waals surface area (Å²) in [5.41, 5.74) is 4.74. The number of fused-ring (bicyclic) bond motifs is 3. The second kappa shape index (κ2) is 8.89. The van der Waals surface area contributed by atoms with Gasteiger partial charge in [-0.25, -0.2) is 9.59 Å². The fraction of sp³-hybridized carbons (Fsp3) is 0.208. The molecule has 1 heterocycles. The Morgan fingerprint density at radius 3 is 2.19 bits per heavy atom. The van der Waals surface area contributed by atoms with Crippen LogP contribution in [0.15, 0.2) is 71.3 Å². The quantitative estimate of drug-likeness (QED) is 0.521. The lowest BCUT2D eigenvalue weighted by Crippen LogP contribution is -2.40. The van der Waals surface area contributed by atoms with Gasteiger partial charge in [0.05, 0.1) is 5.69 Å². The minimum Gasteiger partial charge on any atom is -0.479 e. The van der Waals surface area contributed by atoms with Gasteiger partial charge in [0.1, 0.15) is 6.61 Å². The van der Waals surface area contributed by atoms with E-state index < -0.39 is 18.1 Å². The standard InChI is InChI=1S/C24H21BrN2O4/c1-2-27(22(23(28)29)21-12-11-15(25)13-26-21)24(30)31-14-20-18-9-5-3-7-16(18)17-8-4-6-10-19(17)20/h3-13,20,22H,2,14H2,1H3,(H,28,29). The summed E-state index contributed by atoms with van der Waals surface area (Å²) in [5, 5.41) is 9.79. The van der Waals surface area contributed by atoms with Crippen LogP contribution in [0.2, 0.25) is 0 Å². The number of carboxylic acids is 1. The number of nitrogens with zero attached hydrogens (tertiary/aromatic N) is 2. The van der Waals surface area contributed by atoms with Gasteiger partial charge in [0.2, 0.25) is 0 Å². The first-order valence-electron chi connectivity index (χ1n) is 9.97. The fourth-order valence-electron chi connectivity index (χ4n) is 4.06. The topological polar surface area (TPSA) is 79.7 Å². The van der Waals surface area contributed by atoms with Crippen molar-refractivity contribution in [3.05, 3.63) is 88.2 Å². The molecule has 0 radical (unpaired) electrons. The summed E-state index contributed by atoms with van der Waals surface area (Å²) >= 11 is 3.29. The summed E-state index contributed by atoms with van der Waals surface area (Å²) in [5.74, 6) is -1.26. The zero-order valence-corrected chi connectivity index (χ0v) is 18.5. The number of amides is 1. The van der Waals surface area contributed by atoms with Crippen LogP contribution in [0.4, 0.5) is 4.79 Å². The molecule has 4 rings (SSSR count). The van der Waals surface area contributed by atoms with Gasteiger partial charge in [0.15, 0.2) is 6.04 Å². The Morgan fingerprint density at radius 2 is 1.68 bits per heavy atom. The maximum atomic E-state index is 12.9. The van der Waals surface area contributed by atoms with E-state index in [1.54, 1.807) is 19.1 Å². The number of hydrogen-bond acceptors (Lipinski definition) is 4. The molecule has 1 aliphatic rings. The molecule has 31 heavy (non-hydrogen) atoms. The predicted molar refractivity (Wildman–Crippen MR) is 120 cm³/mol. The van der Waals surface area contributed by atoms with Crippen molar-refractivity contribution in [1.82, 2.24) is 9.88 Å². The molecule has 1 N–H and O–H groups in total. The van der Waals surface area contributed by atoms with E-state index >= 15 is 0 Å². The number of aliphatic carboxylic acids is 1. The van der Waals surface area contributed by atoms with Crippen molar-refractivity contribution in [3.8, 4) is 11.1 Å². The van der Waals surface area contributed by atoms with Crippen molar-refractivity contribution in [2.45, 2.75) is 18.9 Å². The van der Waals surface area contributed by atoms with Gasteiger partial charge in [0.25, 0.3) is 0 Å². The highest BCUT2D eigenvalue weighted by Gasteiger charge is 2.34. The summed E-state index contributed by atoms with van der Waals surface area (Å²) in [6, 6.07) is 18.2. The molecule has 0 saturated carbocycles. The Morgan fingerprint density at radius 1 is 1.06 bits per heavy atom. The lowest BCUT2D eigenvalue weighted by Gasteiger charge is -2.27. The van der Waals surface area contributed by atoms with Gasteiger partial charge in [-0.3, -0.25) is 9.88 Å². The number of ether oxygens (including phenoxy) is 1. The summed E-state index contributed by atoms with van der Waals surface area (Å²) in [4.78, 5) is 30.3. The number of halogens is 1. The zero-order valence-electron chi connectivity index (χ0n) is 16.9. The molecule has 1 aromatic heterocycles. The van der Waals surface area contributed by atoms with Crippen molar-refractivity contribution in [1.29, 1.82) is 0 Å². The second-order valence-corrected chi connectivity index (χ2v) is 8.15. The molecule has 1 aliphatic carbocycles. The number of carbonyl (C=O) groups is 2. The summed E-state index contributed by atoms with van der Waals surface area (Å²) in [6.07, 6.45) is 0.832. The molecule has 7 heteroatoms. The third-order valence-corrected chi connectivity index (χ3v) is 5.96. The van der Waals surface area contributed by atoms with E-state index in [4.69, 9.17) is 4.74 Å². The first kappa shape index (κ1) is 21.1. The lowest BCUT2D eigenvalue weighted by molar-refractivity contribution is -0.143. The molecule has 6 nitrogen and oxygen atoms in total. The summed E-state index contributed by atoms with van der Waals surface area (Å²) < 4.78 is 6.38. The van der Waals surface area contributed by atoms with E-state index in [0.29, 0.717) is 0 Å². The minimum absolute atomic E-state index is 0.0934. The Bertz CT molecular complexity index is 1070. The molecule has 0 fully saturated rings. The molecular weight excluding hydrogens is 460 g/mol. The number of hydrogen-bond donors (Lipinski definition) is 1. The van der Waals surface area contributed by atoms with Crippen LogP contribution >= 0.6 is 15.9 Å². The number of rotatable bonds is 6. The average Bonchev–Trinajstić information content (AvgIpc) is 3.10. The monoisotopic (exact) mass is 480 g/mol. The van der Waals surface area contributed by atoms with Gasteiger partial charge >= 0.3 is 12.1 Å². The van der Waals surface area contributed by atoms with Crippen molar-refractivity contribution in [3.63, 3.8) is 0 Å². The van der Waals surface area contributed by atoms with E-state index in [-0.39, 0.29) is 24.8 Å². The minimum atomic E-state index is -1.23. The van der Waals surface area contributed by atoms with Gasteiger partial charge in [0, 0.05) is 23.1 Å². The Hall–Kier alpha value is -3.19. The first-order chi connectivity index (χ1) is 15.0. The third-order valence-electron chi connectivity index (χ3n) is 5.49. The van der Waals surface area contributed by atoms with Crippen LogP contribution < -0.4 is 0 Å². The van der Waals surface area contributed by atoms with E-state index in [1.165, 1.54) is 11.1 Å². The third kappa shape index (κ3) is 4.05. The first-order valence-corrected chi connectivity index (χ1v) is 10.8. The number of benzene rings is 2. The number of pyridine rings is 1. The number of likely N-dealkylation sites (N-methyl/N-ethyl adjacent to an activating group) is 1. The van der Waals surface area contributed by atoms with Crippen molar-refractivity contribution in [2.75, 3.05) is 13.2 Å². The zero-order chi connectivity index (χ0) is 22.0. The number of carbonyl (C=O) groups excluding carboxylic acids is 1. The van der Waals surface area contributed by atoms with Crippen LogP contribution in [0.3, 0.4) is 0 Å². The molecule has 0 aliphatic heterocycles. The molecule has 158 valence electrons. The molecule has 3 aromatic rings. The Labute approximate surface area is 188 Å². The molecule has 2 aromatic carbocycles. The SMILES string of the molecule is CCN(C(=O)OCC1c2ccccc2-c2ccccc21)C(C(=O)O)c1ccc(Br)cn1. The van der Waals surface area contributed by atoms with Crippen LogP contribution in [0.25, 0.3) is 11.1 Å². The Kier molecular flexibility index (Phi) is 6.04. The van der Waals surface area contributed by atoms with Crippen LogP contribution in [0.1, 0.15) is 35.7 Å². The number of carboxylic acid groups (broad SMARTS) is 1. The predicted octanol–water partition coefficient (Wildman–Crippen LogP) is 5.24. The van der Waals surface area contributed by atoms with Crippen LogP contribution in [0.5, 0.6) is 0 Å². The smallest absolute Gasteiger partial charge is 0.410 e. The molecule has 0 spiro atoms. The highest BCUT2D eigenvalue weighted by Crippen LogP contribution is 2.44. The van der Waals surface area contributed by atoms with E-state index in [0.717, 1.165) is 26.7 Å². The second-order valence-electron chi connectivity index (χ2n) is 7.23. The molecule has 0 bridgehead atoms. The van der Waals surface area contributed by atoms with E-state index in [9.17, 15) is 14.7 Å². The van der Waals surface area contributed by atoms with Gasteiger partial charge in [-0.05, 0) is 57.2 Å². The van der Waals surface area contributed by atoms with Crippen LogP contribution in [0, 0.1) is 0 Å². The molecule has 1 unspecified atom stereocenters. The maximum absolute atomic E-state index is 12.9. The van der Waals surface area contributed by atoms with E-state index in [2.05, 4.69) is 33.0 Å². The highest BCUT2D eigenvalue weighted by atomic mass is 79.9. The molecule has 1 atom stereocenters. The largest absolute Gasteiger partial charge is 0.479 e. The molecular formula is C24H21BrN2O4. The van der Waals surface area contributed by atoms with Crippen molar-refractivity contribution >= 4 is 28.0 Å². The van der Waals surface area contributed by atoms with Crippen molar-refractivity contribution < 1.29 is 19.4 Å². The summed E-state index contributed by atoms with van der Waals surface area (Å²) in [6.45, 7) is 2.02. The van der Waals surface area contributed by atoms with Gasteiger partial charge < -0.3 is 9.84 Å². The maximum Gasteiger partial charge on any atom is 0.410 e. The fourth-order valence-corrected chi connectivity index (χ4v) is 4.30. The average molecular weight is 481 g/mol. The van der Waals surface area contributed by atoms with Crippen molar-refractivity contribution in [2.24, 2.45) is 0 Å². The highest BCUT2D eigenvalue weighted by molar-refractivity contribution is 9.10. The lowest BCUT2D eigenvalue weighted by atomic mass is 9.98. The molecule has 1 amide bonds.